The predicted molar refractivity (Wildman–Crippen MR) is 143 cm³/mol. The number of sulfone groups is 1. The molecule has 1 aromatic heterocycles. The molecule has 0 unspecified atom stereocenters. The van der Waals surface area contributed by atoms with Gasteiger partial charge in [0.05, 0.1) is 23.4 Å². The van der Waals surface area contributed by atoms with Gasteiger partial charge in [-0.2, -0.15) is 31.4 Å². The van der Waals surface area contributed by atoms with Crippen molar-refractivity contribution >= 4 is 27.3 Å². The van der Waals surface area contributed by atoms with E-state index in [1.807, 2.05) is 0 Å². The maximum atomic E-state index is 13.4. The second-order valence-electron chi connectivity index (χ2n) is 10.6. The molecule has 0 aliphatic carbocycles. The number of aromatic nitrogens is 2. The molecule has 2 amide bonds. The van der Waals surface area contributed by atoms with E-state index in [0.29, 0.717) is 11.1 Å². The smallest absolute Gasteiger partial charge is 0.346 e. The van der Waals surface area contributed by atoms with E-state index in [1.165, 1.54) is 45.0 Å². The number of alkyl halides is 6. The first-order valence-electron chi connectivity index (χ1n) is 12.3. The van der Waals surface area contributed by atoms with E-state index in [1.54, 1.807) is 19.1 Å². The molecule has 0 saturated heterocycles. The molecule has 0 spiro atoms. The Kier molecular flexibility index (Phi) is 8.87. The maximum Gasteiger partial charge on any atom is 0.435 e. The van der Waals surface area contributed by atoms with Crippen LogP contribution in [0.3, 0.4) is 0 Å². The van der Waals surface area contributed by atoms with Gasteiger partial charge < -0.3 is 10.6 Å². The van der Waals surface area contributed by atoms with Gasteiger partial charge in [0.25, 0.3) is 11.8 Å². The Morgan fingerprint density at radius 1 is 0.905 bits per heavy atom. The third kappa shape index (κ3) is 8.11. The number of hydrogen-bond donors (Lipinski definition) is 2. The Hall–Kier alpha value is -3.88. The second-order valence-corrected chi connectivity index (χ2v) is 12.7. The zero-order valence-corrected chi connectivity index (χ0v) is 24.0. The van der Waals surface area contributed by atoms with Gasteiger partial charge in [-0.05, 0) is 56.5 Å². The Labute approximate surface area is 238 Å². The minimum absolute atomic E-state index is 0.0165. The summed E-state index contributed by atoms with van der Waals surface area (Å²) in [5, 5.41) is 8.37. The first kappa shape index (κ1) is 32.6. The van der Waals surface area contributed by atoms with Crippen molar-refractivity contribution in [1.82, 2.24) is 15.1 Å². The number of anilines is 1. The number of benzene rings is 2. The highest BCUT2D eigenvalue weighted by molar-refractivity contribution is 7.90. The normalized spacial score (nSPS) is 12.7. The van der Waals surface area contributed by atoms with Gasteiger partial charge in [-0.3, -0.25) is 14.3 Å². The number of carbonyl (C=O) groups excluding carboxylic acids is 2. The van der Waals surface area contributed by atoms with Crippen LogP contribution in [0, 0.1) is 13.8 Å². The van der Waals surface area contributed by atoms with Gasteiger partial charge in [0.15, 0.2) is 5.69 Å². The zero-order valence-electron chi connectivity index (χ0n) is 23.2. The molecular formula is C27H28F6N4O4S. The average Bonchev–Trinajstić information content (AvgIpc) is 3.23. The third-order valence-electron chi connectivity index (χ3n) is 6.05. The van der Waals surface area contributed by atoms with Gasteiger partial charge in [-0.15, -0.1) is 0 Å². The lowest BCUT2D eigenvalue weighted by atomic mass is 9.98. The summed E-state index contributed by atoms with van der Waals surface area (Å²) in [6.45, 7) is 5.57. The first-order chi connectivity index (χ1) is 19.1. The van der Waals surface area contributed by atoms with E-state index in [0.717, 1.165) is 6.26 Å². The molecule has 0 aliphatic rings. The van der Waals surface area contributed by atoms with E-state index in [9.17, 15) is 44.3 Å². The zero-order chi connectivity index (χ0) is 31.8. The fourth-order valence-corrected chi connectivity index (χ4v) is 5.83. The van der Waals surface area contributed by atoms with Crippen molar-refractivity contribution in [3.8, 4) is 0 Å². The van der Waals surface area contributed by atoms with Crippen molar-refractivity contribution in [2.75, 3.05) is 17.3 Å². The molecule has 0 aliphatic heterocycles. The van der Waals surface area contributed by atoms with Crippen molar-refractivity contribution < 1.29 is 44.3 Å². The first-order valence-corrected chi connectivity index (χ1v) is 14.4. The summed E-state index contributed by atoms with van der Waals surface area (Å²) in [4.78, 5) is 26.4. The highest BCUT2D eigenvalue weighted by Crippen LogP contribution is 2.35. The SMILES string of the molecule is Cc1cc(Cn2nc(C(F)(F)F)cc2C(F)(F)F)ccc1NC(=O)c1cccc(C)c1C(=O)NC(C)(C)CS(C)(=O)=O. The van der Waals surface area contributed by atoms with Crippen molar-refractivity contribution in [2.45, 2.75) is 52.1 Å². The second kappa shape index (κ2) is 11.4. The van der Waals surface area contributed by atoms with Crippen LogP contribution in [0.15, 0.2) is 42.5 Å². The number of rotatable bonds is 8. The predicted octanol–water partition coefficient (Wildman–Crippen LogP) is 5.39. The molecule has 42 heavy (non-hydrogen) atoms. The van der Waals surface area contributed by atoms with Gasteiger partial charge in [0, 0.05) is 23.5 Å². The summed E-state index contributed by atoms with van der Waals surface area (Å²) in [7, 11) is -3.44. The number of aryl methyl sites for hydroxylation is 2. The molecule has 2 aromatic carbocycles. The van der Waals surface area contributed by atoms with Gasteiger partial charge in [-0.1, -0.05) is 24.3 Å². The van der Waals surface area contributed by atoms with Crippen molar-refractivity contribution in [3.05, 3.63) is 81.7 Å². The van der Waals surface area contributed by atoms with Crippen molar-refractivity contribution in [1.29, 1.82) is 0 Å². The highest BCUT2D eigenvalue weighted by atomic mass is 32.2. The molecule has 8 nitrogen and oxygen atoms in total. The van der Waals surface area contributed by atoms with Crippen LogP contribution in [0.25, 0.3) is 0 Å². The van der Waals surface area contributed by atoms with Crippen molar-refractivity contribution in [2.24, 2.45) is 0 Å². The number of halogens is 6. The Bertz CT molecular complexity index is 1630. The number of amides is 2. The summed E-state index contributed by atoms with van der Waals surface area (Å²) in [6.07, 6.45) is -9.10. The van der Waals surface area contributed by atoms with Crippen LogP contribution >= 0.6 is 0 Å². The van der Waals surface area contributed by atoms with E-state index in [4.69, 9.17) is 0 Å². The summed E-state index contributed by atoms with van der Waals surface area (Å²) >= 11 is 0. The summed E-state index contributed by atoms with van der Waals surface area (Å²) < 4.78 is 103. The molecule has 0 atom stereocenters. The van der Waals surface area contributed by atoms with Crippen LogP contribution < -0.4 is 10.6 Å². The third-order valence-corrected chi connectivity index (χ3v) is 7.30. The van der Waals surface area contributed by atoms with Crippen LogP contribution in [0.4, 0.5) is 32.0 Å². The van der Waals surface area contributed by atoms with Crippen LogP contribution in [0.2, 0.25) is 0 Å². The van der Waals surface area contributed by atoms with Gasteiger partial charge in [-0.25, -0.2) is 8.42 Å². The Balaban J connectivity index is 1.86. The molecule has 228 valence electrons. The number of nitrogens with one attached hydrogen (secondary N) is 2. The fraction of sp³-hybridized carbons (Fsp3) is 0.370. The molecule has 1 heterocycles. The standard InChI is InChI=1S/C27H28F6N4O4S/c1-15-7-6-8-18(22(15)24(39)35-25(3,4)14-42(5,40)41)23(38)34-19-10-9-17(11-16(19)2)13-37-21(27(31,32)33)12-20(36-37)26(28,29)30/h6-12H,13-14H2,1-5H3,(H,34,38)(H,35,39). The Morgan fingerprint density at radius 2 is 1.55 bits per heavy atom. The fourth-order valence-electron chi connectivity index (χ4n) is 4.45. The molecule has 0 saturated carbocycles. The van der Waals surface area contributed by atoms with Crippen molar-refractivity contribution in [3.63, 3.8) is 0 Å². The number of carbonyl (C=O) groups is 2. The monoisotopic (exact) mass is 618 g/mol. The van der Waals surface area contributed by atoms with Gasteiger partial charge >= 0.3 is 12.4 Å². The maximum absolute atomic E-state index is 13.4. The van der Waals surface area contributed by atoms with E-state index < -0.39 is 57.5 Å². The average molecular weight is 619 g/mol. The molecule has 3 rings (SSSR count). The number of nitrogens with zero attached hydrogens (tertiary/aromatic N) is 2. The topological polar surface area (TPSA) is 110 Å². The molecule has 0 bridgehead atoms. The molecule has 15 heteroatoms. The summed E-state index contributed by atoms with van der Waals surface area (Å²) in [5.74, 6) is -1.70. The molecule has 3 aromatic rings. The van der Waals surface area contributed by atoms with Crippen LogP contribution in [0.1, 0.15) is 62.6 Å². The van der Waals surface area contributed by atoms with E-state index in [-0.39, 0.29) is 38.9 Å². The lowest BCUT2D eigenvalue weighted by molar-refractivity contribution is -0.144. The van der Waals surface area contributed by atoms with Gasteiger partial charge in [0.2, 0.25) is 0 Å². The summed E-state index contributed by atoms with van der Waals surface area (Å²) in [5.41, 5.74) is -3.12. The largest absolute Gasteiger partial charge is 0.435 e. The minimum Gasteiger partial charge on any atom is -0.346 e. The highest BCUT2D eigenvalue weighted by Gasteiger charge is 2.41. The van der Waals surface area contributed by atoms with Gasteiger partial charge in [0.1, 0.15) is 15.5 Å². The minimum atomic E-state index is -5.07. The number of hydrogen-bond acceptors (Lipinski definition) is 5. The molecule has 0 radical (unpaired) electrons. The van der Waals surface area contributed by atoms with Crippen LogP contribution in [-0.4, -0.2) is 47.6 Å². The molecule has 2 N–H and O–H groups in total. The van der Waals surface area contributed by atoms with Crippen LogP contribution in [-0.2, 0) is 28.7 Å². The summed E-state index contributed by atoms with van der Waals surface area (Å²) in [6, 6.07) is 8.59. The lowest BCUT2D eigenvalue weighted by Gasteiger charge is -2.26. The quantitative estimate of drug-likeness (QED) is 0.329. The molecular weight excluding hydrogens is 590 g/mol. The van der Waals surface area contributed by atoms with E-state index in [2.05, 4.69) is 15.7 Å². The van der Waals surface area contributed by atoms with Crippen LogP contribution in [0.5, 0.6) is 0 Å². The molecule has 0 fully saturated rings. The van der Waals surface area contributed by atoms with E-state index >= 15 is 0 Å². The lowest BCUT2D eigenvalue weighted by Crippen LogP contribution is -2.48. The Morgan fingerprint density at radius 3 is 2.10 bits per heavy atom.